The average Bonchev–Trinajstić information content (AvgIpc) is 2.29. The summed E-state index contributed by atoms with van der Waals surface area (Å²) >= 11 is 0. The molecule has 0 saturated heterocycles. The first-order chi connectivity index (χ1) is 8.74. The van der Waals surface area contributed by atoms with Crippen molar-refractivity contribution < 1.29 is 17.5 Å². The Morgan fingerprint density at radius 1 is 1.47 bits per heavy atom. The number of nitrogen functional groups attached to an aromatic ring is 1. The SMILES string of the molecule is CCO[PH](=O)C(C)c1cc(NS(C)(=O)=O)ccc1N. The van der Waals surface area contributed by atoms with Gasteiger partial charge < -0.3 is 10.3 Å². The van der Waals surface area contributed by atoms with Gasteiger partial charge in [-0.3, -0.25) is 9.29 Å². The maximum Gasteiger partial charge on any atom is 0.229 e. The van der Waals surface area contributed by atoms with Crippen molar-refractivity contribution in [2.75, 3.05) is 23.3 Å². The van der Waals surface area contributed by atoms with E-state index >= 15 is 0 Å². The summed E-state index contributed by atoms with van der Waals surface area (Å²) in [7, 11) is -5.61. The van der Waals surface area contributed by atoms with Crippen LogP contribution in [0.15, 0.2) is 18.2 Å². The fraction of sp³-hybridized carbons (Fsp3) is 0.455. The molecule has 0 aliphatic carbocycles. The molecule has 0 radical (unpaired) electrons. The number of sulfonamides is 1. The molecule has 1 aromatic rings. The van der Waals surface area contributed by atoms with Gasteiger partial charge in [-0.15, -0.1) is 0 Å². The van der Waals surface area contributed by atoms with Gasteiger partial charge in [0, 0.05) is 11.4 Å². The number of nitrogens with two attached hydrogens (primary N) is 1. The standard InChI is InChI=1S/C11H19N2O4PS/c1-4-17-18(14)8(2)10-7-9(5-6-11(10)12)13-19(3,15)16/h5-8,13,18H,4,12H2,1-3H3. The van der Waals surface area contributed by atoms with Gasteiger partial charge in [-0.2, -0.15) is 0 Å². The minimum absolute atomic E-state index is 0.364. The van der Waals surface area contributed by atoms with Crippen LogP contribution < -0.4 is 10.5 Å². The fourth-order valence-corrected chi connectivity index (χ4v) is 3.22. The van der Waals surface area contributed by atoms with Crippen LogP contribution in [0.5, 0.6) is 0 Å². The molecule has 8 heteroatoms. The van der Waals surface area contributed by atoms with E-state index < -0.39 is 18.1 Å². The number of nitrogens with one attached hydrogen (secondary N) is 1. The maximum absolute atomic E-state index is 11.9. The van der Waals surface area contributed by atoms with E-state index in [9.17, 15) is 13.0 Å². The summed E-state index contributed by atoms with van der Waals surface area (Å²) in [5.74, 6) is 0. The molecule has 0 aromatic heterocycles. The summed E-state index contributed by atoms with van der Waals surface area (Å²) in [6.45, 7) is 3.87. The van der Waals surface area contributed by atoms with E-state index in [0.717, 1.165) is 6.26 Å². The second-order valence-corrected chi connectivity index (χ2v) is 7.73. The largest absolute Gasteiger partial charge is 0.398 e. The molecule has 0 spiro atoms. The van der Waals surface area contributed by atoms with Gasteiger partial charge in [0.1, 0.15) is 0 Å². The van der Waals surface area contributed by atoms with Gasteiger partial charge in [-0.1, -0.05) is 0 Å². The molecule has 0 heterocycles. The lowest BCUT2D eigenvalue weighted by molar-refractivity contribution is 0.345. The lowest BCUT2D eigenvalue weighted by atomic mass is 10.1. The summed E-state index contributed by atoms with van der Waals surface area (Å²) in [6, 6.07) is 4.73. The third kappa shape index (κ3) is 4.86. The topological polar surface area (TPSA) is 98.5 Å². The summed E-state index contributed by atoms with van der Waals surface area (Å²) < 4.78 is 41.7. The van der Waals surface area contributed by atoms with Crippen LogP contribution in [0.4, 0.5) is 11.4 Å². The van der Waals surface area contributed by atoms with Crippen molar-refractivity contribution in [3.05, 3.63) is 23.8 Å². The Labute approximate surface area is 114 Å². The Morgan fingerprint density at radius 2 is 2.11 bits per heavy atom. The average molecular weight is 306 g/mol. The second kappa shape index (κ2) is 6.41. The van der Waals surface area contributed by atoms with Gasteiger partial charge in [-0.05, 0) is 37.6 Å². The van der Waals surface area contributed by atoms with Crippen LogP contribution in [0.2, 0.25) is 0 Å². The van der Waals surface area contributed by atoms with Crippen molar-refractivity contribution in [1.82, 2.24) is 0 Å². The number of hydrogen-bond acceptors (Lipinski definition) is 5. The molecular formula is C11H19N2O4PS. The molecule has 0 fully saturated rings. The quantitative estimate of drug-likeness (QED) is 0.620. The third-order valence-electron chi connectivity index (χ3n) is 2.50. The Bertz CT molecular complexity index is 574. The molecule has 2 atom stereocenters. The molecule has 0 bridgehead atoms. The molecule has 1 aromatic carbocycles. The monoisotopic (exact) mass is 306 g/mol. The number of anilines is 2. The van der Waals surface area contributed by atoms with Crippen LogP contribution in [-0.2, 0) is 19.1 Å². The summed E-state index contributed by atoms with van der Waals surface area (Å²) in [4.78, 5) is 0. The predicted molar refractivity (Wildman–Crippen MR) is 78.4 cm³/mol. The Hall–Kier alpha value is -1.04. The van der Waals surface area contributed by atoms with E-state index in [0.29, 0.717) is 23.5 Å². The number of benzene rings is 1. The van der Waals surface area contributed by atoms with Crippen LogP contribution in [-0.4, -0.2) is 21.3 Å². The first-order valence-electron chi connectivity index (χ1n) is 5.78. The predicted octanol–water partition coefficient (Wildman–Crippen LogP) is 2.21. The van der Waals surface area contributed by atoms with Crippen LogP contribution in [0.1, 0.15) is 25.1 Å². The molecule has 0 amide bonds. The van der Waals surface area contributed by atoms with Gasteiger partial charge >= 0.3 is 0 Å². The minimum Gasteiger partial charge on any atom is -0.398 e. The zero-order valence-electron chi connectivity index (χ0n) is 11.1. The highest BCUT2D eigenvalue weighted by Gasteiger charge is 2.17. The minimum atomic E-state index is -3.35. The summed E-state index contributed by atoms with van der Waals surface area (Å²) in [6.07, 6.45) is 1.06. The van der Waals surface area contributed by atoms with Crippen molar-refractivity contribution in [2.24, 2.45) is 0 Å². The molecule has 3 N–H and O–H groups in total. The van der Waals surface area contributed by atoms with E-state index in [4.69, 9.17) is 10.3 Å². The summed E-state index contributed by atoms with van der Waals surface area (Å²) in [5, 5.41) is 0. The van der Waals surface area contributed by atoms with Gasteiger partial charge in [0.25, 0.3) is 0 Å². The van der Waals surface area contributed by atoms with E-state index in [1.807, 2.05) is 0 Å². The molecule has 108 valence electrons. The smallest absolute Gasteiger partial charge is 0.229 e. The zero-order valence-corrected chi connectivity index (χ0v) is 13.0. The van der Waals surface area contributed by atoms with Crippen LogP contribution in [0.3, 0.4) is 0 Å². The van der Waals surface area contributed by atoms with Gasteiger partial charge in [0.05, 0.1) is 18.5 Å². The molecule has 6 nitrogen and oxygen atoms in total. The second-order valence-electron chi connectivity index (χ2n) is 4.19. The molecule has 0 aliphatic heterocycles. The van der Waals surface area contributed by atoms with Crippen LogP contribution >= 0.6 is 8.03 Å². The highest BCUT2D eigenvalue weighted by Crippen LogP contribution is 2.44. The Kier molecular flexibility index (Phi) is 5.40. The van der Waals surface area contributed by atoms with E-state index in [2.05, 4.69) is 4.72 Å². The zero-order chi connectivity index (χ0) is 14.6. The van der Waals surface area contributed by atoms with Gasteiger partial charge in [-0.25, -0.2) is 8.42 Å². The molecule has 2 unspecified atom stereocenters. The molecule has 0 saturated carbocycles. The van der Waals surface area contributed by atoms with Crippen molar-refractivity contribution in [2.45, 2.75) is 19.5 Å². The van der Waals surface area contributed by atoms with Crippen molar-refractivity contribution in [1.29, 1.82) is 0 Å². The highest BCUT2D eigenvalue weighted by molar-refractivity contribution is 7.92. The number of hydrogen-bond donors (Lipinski definition) is 2. The first-order valence-corrected chi connectivity index (χ1v) is 9.07. The van der Waals surface area contributed by atoms with E-state index in [1.54, 1.807) is 32.0 Å². The van der Waals surface area contributed by atoms with Gasteiger partial charge in [0.2, 0.25) is 10.0 Å². The van der Waals surface area contributed by atoms with E-state index in [-0.39, 0.29) is 5.66 Å². The maximum atomic E-state index is 11.9. The Morgan fingerprint density at radius 3 is 2.63 bits per heavy atom. The fourth-order valence-electron chi connectivity index (χ4n) is 1.62. The van der Waals surface area contributed by atoms with Crippen molar-refractivity contribution in [3.63, 3.8) is 0 Å². The van der Waals surface area contributed by atoms with E-state index in [1.165, 1.54) is 0 Å². The van der Waals surface area contributed by atoms with Crippen LogP contribution in [0, 0.1) is 0 Å². The van der Waals surface area contributed by atoms with Crippen LogP contribution in [0.25, 0.3) is 0 Å². The summed E-state index contributed by atoms with van der Waals surface area (Å²) in [5.41, 5.74) is 6.94. The van der Waals surface area contributed by atoms with Crippen molar-refractivity contribution >= 4 is 29.4 Å². The van der Waals surface area contributed by atoms with Crippen molar-refractivity contribution in [3.8, 4) is 0 Å². The lowest BCUT2D eigenvalue weighted by Crippen LogP contribution is -2.10. The molecule has 1 rings (SSSR count). The highest BCUT2D eigenvalue weighted by atomic mass is 32.2. The van der Waals surface area contributed by atoms with Gasteiger partial charge in [0.15, 0.2) is 8.03 Å². The Balaban J connectivity index is 3.06. The molecule has 19 heavy (non-hydrogen) atoms. The lowest BCUT2D eigenvalue weighted by Gasteiger charge is -2.15. The molecule has 0 aliphatic rings. The first kappa shape index (κ1) is 16.0. The third-order valence-corrected chi connectivity index (χ3v) is 4.69. The molecular weight excluding hydrogens is 287 g/mol. The normalized spacial score (nSPS) is 14.9. The number of rotatable bonds is 6.